The molecule has 0 saturated carbocycles. The van der Waals surface area contributed by atoms with Crippen LogP contribution >= 0.6 is 0 Å². The highest BCUT2D eigenvalue weighted by Gasteiger charge is 2.65. The number of nitro benzene ring substituents is 1. The molecule has 1 heterocycles. The molecule has 0 N–H and O–H groups in total. The first kappa shape index (κ1) is 31.4. The smallest absolute Gasteiger partial charge is 0.430 e. The number of hydrogen-bond acceptors (Lipinski definition) is 9. The van der Waals surface area contributed by atoms with E-state index in [2.05, 4.69) is 6.58 Å². The van der Waals surface area contributed by atoms with Crippen molar-refractivity contribution >= 4 is 35.2 Å². The Hall–Kier alpha value is -5.52. The fraction of sp³-hybridized carbons (Fsp3) is 0.250. The van der Waals surface area contributed by atoms with Crippen LogP contribution in [0, 0.1) is 10.1 Å². The van der Waals surface area contributed by atoms with Gasteiger partial charge in [-0.15, -0.1) is 0 Å². The molecule has 0 aromatic heterocycles. The Morgan fingerprint density at radius 3 is 1.86 bits per heavy atom. The van der Waals surface area contributed by atoms with Gasteiger partial charge in [-0.3, -0.25) is 14.9 Å². The van der Waals surface area contributed by atoms with E-state index in [1.54, 1.807) is 60.7 Å². The Kier molecular flexibility index (Phi) is 9.74. The fourth-order valence-corrected chi connectivity index (χ4v) is 4.91. The summed E-state index contributed by atoms with van der Waals surface area (Å²) < 4.78 is 16.4. The number of Topliss-reactive ketones (excluding diaryl/α,β-unsaturated/α-hetero) is 1. The van der Waals surface area contributed by atoms with Gasteiger partial charge in [0.25, 0.3) is 5.69 Å². The van der Waals surface area contributed by atoms with Crippen molar-refractivity contribution in [2.45, 2.75) is 45.1 Å². The molecule has 2 atom stereocenters. The number of nitrogens with zero attached hydrogens (tertiary/aromatic N) is 3. The second-order valence-electron chi connectivity index (χ2n) is 9.92. The van der Waals surface area contributed by atoms with Gasteiger partial charge in [0, 0.05) is 18.6 Å². The number of rotatable bonds is 10. The number of esters is 1. The van der Waals surface area contributed by atoms with Gasteiger partial charge in [-0.1, -0.05) is 67.2 Å². The number of benzene rings is 3. The summed E-state index contributed by atoms with van der Waals surface area (Å²) in [6.07, 6.45) is -2.67. The van der Waals surface area contributed by atoms with Crippen molar-refractivity contribution in [1.29, 1.82) is 0 Å². The molecule has 4 rings (SSSR count). The minimum Gasteiger partial charge on any atom is -0.464 e. The van der Waals surface area contributed by atoms with Gasteiger partial charge >= 0.3 is 18.2 Å². The van der Waals surface area contributed by atoms with Gasteiger partial charge in [-0.05, 0) is 48.2 Å². The van der Waals surface area contributed by atoms with Crippen LogP contribution in [0.15, 0.2) is 91.5 Å². The zero-order chi connectivity index (χ0) is 31.9. The number of carbonyl (C=O) groups is 4. The zero-order valence-electron chi connectivity index (χ0n) is 24.2. The average molecular weight is 602 g/mol. The maximum Gasteiger partial charge on any atom is 0.430 e. The molecule has 12 nitrogen and oxygen atoms in total. The molecule has 0 aliphatic carbocycles. The van der Waals surface area contributed by atoms with E-state index in [-0.39, 0.29) is 31.1 Å². The van der Waals surface area contributed by atoms with Crippen molar-refractivity contribution in [3.63, 3.8) is 0 Å². The summed E-state index contributed by atoms with van der Waals surface area (Å²) in [4.78, 5) is 65.4. The van der Waals surface area contributed by atoms with Gasteiger partial charge in [-0.2, -0.15) is 5.01 Å². The predicted octanol–water partition coefficient (Wildman–Crippen LogP) is 5.46. The number of non-ortho nitro benzene ring substituents is 1. The molecule has 1 aliphatic rings. The largest absolute Gasteiger partial charge is 0.464 e. The van der Waals surface area contributed by atoms with Crippen LogP contribution in [0.1, 0.15) is 37.0 Å². The van der Waals surface area contributed by atoms with E-state index in [9.17, 15) is 29.3 Å². The average Bonchev–Trinajstić information content (AvgIpc) is 3.41. The van der Waals surface area contributed by atoms with Gasteiger partial charge in [0.1, 0.15) is 13.2 Å². The number of hydrogen-bond donors (Lipinski definition) is 0. The molecule has 1 fully saturated rings. The molecule has 228 valence electrons. The van der Waals surface area contributed by atoms with E-state index in [1.807, 2.05) is 0 Å². The molecule has 0 radical (unpaired) electrons. The first-order valence-electron chi connectivity index (χ1n) is 13.7. The summed E-state index contributed by atoms with van der Waals surface area (Å²) in [7, 11) is 0. The van der Waals surface area contributed by atoms with Crippen LogP contribution in [0.2, 0.25) is 0 Å². The third kappa shape index (κ3) is 6.43. The number of hydrazine groups is 1. The van der Waals surface area contributed by atoms with Crippen LogP contribution in [-0.4, -0.2) is 57.1 Å². The third-order valence-electron chi connectivity index (χ3n) is 7.18. The lowest BCUT2D eigenvalue weighted by Gasteiger charge is -2.37. The van der Waals surface area contributed by atoms with E-state index in [0.717, 1.165) is 11.9 Å². The summed E-state index contributed by atoms with van der Waals surface area (Å²) in [5.41, 5.74) is -0.680. The van der Waals surface area contributed by atoms with Crippen LogP contribution < -0.4 is 0 Å². The minimum absolute atomic E-state index is 0.118. The lowest BCUT2D eigenvalue weighted by molar-refractivity contribution is -0.384. The van der Waals surface area contributed by atoms with Crippen molar-refractivity contribution < 1.29 is 38.3 Å². The van der Waals surface area contributed by atoms with Gasteiger partial charge in [0.15, 0.2) is 5.78 Å². The molecule has 44 heavy (non-hydrogen) atoms. The molecule has 3 aromatic rings. The molecular formula is C32H31N3O9. The topological polar surface area (TPSA) is 146 Å². The van der Waals surface area contributed by atoms with Crippen LogP contribution in [0.4, 0.5) is 15.3 Å². The van der Waals surface area contributed by atoms with E-state index in [1.165, 1.54) is 31.2 Å². The Morgan fingerprint density at radius 1 is 0.864 bits per heavy atom. The molecule has 1 saturated heterocycles. The zero-order valence-corrected chi connectivity index (χ0v) is 24.2. The predicted molar refractivity (Wildman–Crippen MR) is 158 cm³/mol. The van der Waals surface area contributed by atoms with Crippen LogP contribution in [-0.2, 0) is 37.0 Å². The van der Waals surface area contributed by atoms with Crippen molar-refractivity contribution in [3.05, 3.63) is 118 Å². The Labute approximate surface area is 253 Å². The van der Waals surface area contributed by atoms with Crippen LogP contribution in [0.3, 0.4) is 0 Å². The fourth-order valence-electron chi connectivity index (χ4n) is 4.91. The molecule has 0 spiro atoms. The van der Waals surface area contributed by atoms with Crippen molar-refractivity contribution in [1.82, 2.24) is 10.0 Å². The monoisotopic (exact) mass is 601 g/mol. The number of carbonyl (C=O) groups excluding carboxylic acids is 4. The second-order valence-corrected chi connectivity index (χ2v) is 9.92. The SMILES string of the molecule is C=C(c1ccc([N+](=O)[O-])cc1)[C@H]1C[C@@](C(C)=O)(C(=O)OCC)N(C(=O)OCc2ccccc2)N1C(=O)OCc1ccccc1. The van der Waals surface area contributed by atoms with Gasteiger partial charge in [-0.25, -0.2) is 19.4 Å². The first-order valence-corrected chi connectivity index (χ1v) is 13.7. The summed E-state index contributed by atoms with van der Waals surface area (Å²) in [5.74, 6) is -1.85. The van der Waals surface area contributed by atoms with Gasteiger partial charge < -0.3 is 14.2 Å². The lowest BCUT2D eigenvalue weighted by atomic mass is 9.85. The summed E-state index contributed by atoms with van der Waals surface area (Å²) >= 11 is 0. The minimum atomic E-state index is -2.32. The number of ketones is 1. The molecule has 1 aliphatic heterocycles. The standard InChI is InChI=1S/C32H31N3O9/c1-4-42-29(37)32(23(3)36)19-28(22(2)26-15-17-27(18-16-26)35(40)41)33(30(38)43-20-24-11-7-5-8-12-24)34(32)31(39)44-21-25-13-9-6-10-14-25/h5-18,28H,2,4,19-21H2,1,3H3/t28-,32-/m1/s1. The molecule has 0 bridgehead atoms. The highest BCUT2D eigenvalue weighted by molar-refractivity contribution is 6.11. The molecule has 12 heteroatoms. The lowest BCUT2D eigenvalue weighted by Crippen LogP contribution is -2.63. The van der Waals surface area contributed by atoms with E-state index in [4.69, 9.17) is 14.2 Å². The highest BCUT2D eigenvalue weighted by atomic mass is 16.6. The molecular weight excluding hydrogens is 570 g/mol. The van der Waals surface area contributed by atoms with Crippen molar-refractivity contribution in [2.24, 2.45) is 0 Å². The van der Waals surface area contributed by atoms with Gasteiger partial charge in [0.05, 0.1) is 17.6 Å². The van der Waals surface area contributed by atoms with Crippen LogP contribution in [0.25, 0.3) is 5.57 Å². The quantitative estimate of drug-likeness (QED) is 0.0971. The summed E-state index contributed by atoms with van der Waals surface area (Å²) in [6.45, 7) is 6.20. The van der Waals surface area contributed by atoms with Crippen molar-refractivity contribution in [3.8, 4) is 0 Å². The van der Waals surface area contributed by atoms with Crippen LogP contribution in [0.5, 0.6) is 0 Å². The summed E-state index contributed by atoms with van der Waals surface area (Å²) in [6, 6.07) is 21.6. The Balaban J connectivity index is 1.80. The van der Waals surface area contributed by atoms with Gasteiger partial charge in [0.2, 0.25) is 5.54 Å². The highest BCUT2D eigenvalue weighted by Crippen LogP contribution is 2.43. The molecule has 0 unspecified atom stereocenters. The molecule has 2 amide bonds. The second kappa shape index (κ2) is 13.6. The van der Waals surface area contributed by atoms with E-state index < -0.39 is 46.9 Å². The number of amides is 2. The number of ether oxygens (including phenoxy) is 3. The van der Waals surface area contributed by atoms with E-state index >= 15 is 0 Å². The number of nitro groups is 1. The Bertz CT molecular complexity index is 1540. The Morgan fingerprint density at radius 2 is 1.39 bits per heavy atom. The van der Waals surface area contributed by atoms with Crippen molar-refractivity contribution in [2.75, 3.05) is 6.61 Å². The van der Waals surface area contributed by atoms with E-state index in [0.29, 0.717) is 21.7 Å². The third-order valence-corrected chi connectivity index (χ3v) is 7.18. The maximum absolute atomic E-state index is 13.9. The first-order chi connectivity index (χ1) is 21.1. The normalized spacial score (nSPS) is 17.5. The summed E-state index contributed by atoms with van der Waals surface area (Å²) in [5, 5.41) is 12.7. The molecule has 3 aromatic carbocycles. The maximum atomic E-state index is 13.9.